The maximum atomic E-state index is 13.7. The monoisotopic (exact) mass is 259 g/mol. The zero-order valence-electron chi connectivity index (χ0n) is 10.2. The lowest BCUT2D eigenvalue weighted by Crippen LogP contribution is -1.99. The standard InChI is InChI=1S/C14H11F2N3/c1-8-4-12(16)14(6-11(8)15)19-13-3-2-10(18)5-9(13)7-17/h2-6,19H,18H2,1H3. The molecule has 0 saturated carbocycles. The summed E-state index contributed by atoms with van der Waals surface area (Å²) in [6, 6.07) is 8.68. The zero-order valence-corrected chi connectivity index (χ0v) is 10.2. The van der Waals surface area contributed by atoms with E-state index in [2.05, 4.69) is 5.32 Å². The Morgan fingerprint density at radius 2 is 1.84 bits per heavy atom. The number of nitrogen functional groups attached to an aromatic ring is 1. The number of nitrogens with two attached hydrogens (primary N) is 1. The van der Waals surface area contributed by atoms with Gasteiger partial charge < -0.3 is 11.1 Å². The molecule has 3 nitrogen and oxygen atoms in total. The van der Waals surface area contributed by atoms with Crippen molar-refractivity contribution in [3.8, 4) is 6.07 Å². The number of anilines is 3. The van der Waals surface area contributed by atoms with Crippen LogP contribution < -0.4 is 11.1 Å². The first-order valence-corrected chi connectivity index (χ1v) is 5.53. The first-order chi connectivity index (χ1) is 9.01. The van der Waals surface area contributed by atoms with Gasteiger partial charge in [0.2, 0.25) is 0 Å². The lowest BCUT2D eigenvalue weighted by atomic mass is 10.1. The number of rotatable bonds is 2. The van der Waals surface area contributed by atoms with Gasteiger partial charge in [0.1, 0.15) is 17.7 Å². The second-order valence-corrected chi connectivity index (χ2v) is 4.12. The molecule has 3 N–H and O–H groups in total. The highest BCUT2D eigenvalue weighted by atomic mass is 19.1. The van der Waals surface area contributed by atoms with Gasteiger partial charge in [0.25, 0.3) is 0 Å². The average molecular weight is 259 g/mol. The molecule has 0 unspecified atom stereocenters. The quantitative estimate of drug-likeness (QED) is 0.812. The van der Waals surface area contributed by atoms with Crippen molar-refractivity contribution >= 4 is 17.1 Å². The number of nitrogens with one attached hydrogen (secondary N) is 1. The number of nitrogens with zero attached hydrogens (tertiary/aromatic N) is 1. The van der Waals surface area contributed by atoms with Gasteiger partial charge in [-0.3, -0.25) is 0 Å². The van der Waals surface area contributed by atoms with Crippen molar-refractivity contribution in [1.29, 1.82) is 5.26 Å². The lowest BCUT2D eigenvalue weighted by Gasteiger charge is -2.10. The van der Waals surface area contributed by atoms with Crippen molar-refractivity contribution in [2.75, 3.05) is 11.1 Å². The van der Waals surface area contributed by atoms with Crippen molar-refractivity contribution in [2.24, 2.45) is 0 Å². The highest BCUT2D eigenvalue weighted by Crippen LogP contribution is 2.26. The summed E-state index contributed by atoms with van der Waals surface area (Å²) in [6.07, 6.45) is 0. The number of hydrogen-bond acceptors (Lipinski definition) is 3. The van der Waals surface area contributed by atoms with E-state index in [1.54, 1.807) is 12.1 Å². The van der Waals surface area contributed by atoms with Crippen LogP contribution in [0.25, 0.3) is 0 Å². The van der Waals surface area contributed by atoms with E-state index >= 15 is 0 Å². The van der Waals surface area contributed by atoms with E-state index in [1.165, 1.54) is 13.0 Å². The van der Waals surface area contributed by atoms with E-state index < -0.39 is 11.6 Å². The molecule has 0 aromatic heterocycles. The normalized spacial score (nSPS) is 10.0. The molecule has 0 fully saturated rings. The predicted molar refractivity (Wildman–Crippen MR) is 69.9 cm³/mol. The summed E-state index contributed by atoms with van der Waals surface area (Å²) in [5.41, 5.74) is 6.82. The van der Waals surface area contributed by atoms with Gasteiger partial charge in [-0.25, -0.2) is 8.78 Å². The second kappa shape index (κ2) is 4.94. The van der Waals surface area contributed by atoms with Crippen LogP contribution in [0.4, 0.5) is 25.8 Å². The fourth-order valence-corrected chi connectivity index (χ4v) is 1.65. The minimum Gasteiger partial charge on any atom is -0.399 e. The van der Waals surface area contributed by atoms with Crippen molar-refractivity contribution in [3.05, 3.63) is 53.1 Å². The number of hydrogen-bond donors (Lipinski definition) is 2. The van der Waals surface area contributed by atoms with E-state index in [4.69, 9.17) is 11.0 Å². The highest BCUT2D eigenvalue weighted by Gasteiger charge is 2.09. The Bertz CT molecular complexity index is 675. The molecule has 5 heteroatoms. The van der Waals surface area contributed by atoms with Gasteiger partial charge in [0.15, 0.2) is 0 Å². The topological polar surface area (TPSA) is 61.8 Å². The van der Waals surface area contributed by atoms with Crippen molar-refractivity contribution in [3.63, 3.8) is 0 Å². The molecule has 2 rings (SSSR count). The lowest BCUT2D eigenvalue weighted by molar-refractivity contribution is 0.595. The van der Waals surface area contributed by atoms with Crippen LogP contribution in [0.2, 0.25) is 0 Å². The van der Waals surface area contributed by atoms with E-state index in [0.717, 1.165) is 12.1 Å². The first-order valence-electron chi connectivity index (χ1n) is 5.53. The Labute approximate surface area is 109 Å². The van der Waals surface area contributed by atoms with Crippen LogP contribution in [0.1, 0.15) is 11.1 Å². The van der Waals surface area contributed by atoms with Crippen molar-refractivity contribution in [1.82, 2.24) is 0 Å². The van der Waals surface area contributed by atoms with Crippen molar-refractivity contribution < 1.29 is 8.78 Å². The maximum Gasteiger partial charge on any atom is 0.147 e. The SMILES string of the molecule is Cc1cc(F)c(Nc2ccc(N)cc2C#N)cc1F. The largest absolute Gasteiger partial charge is 0.399 e. The van der Waals surface area contributed by atoms with Crippen LogP contribution >= 0.6 is 0 Å². The molecule has 19 heavy (non-hydrogen) atoms. The molecule has 96 valence electrons. The minimum absolute atomic E-state index is 0.0237. The summed E-state index contributed by atoms with van der Waals surface area (Å²) in [5.74, 6) is -1.10. The number of aryl methyl sites for hydroxylation is 1. The Morgan fingerprint density at radius 3 is 2.53 bits per heavy atom. The summed E-state index contributed by atoms with van der Waals surface area (Å²) in [4.78, 5) is 0. The molecule has 0 aliphatic rings. The third-order valence-corrected chi connectivity index (χ3v) is 2.68. The third kappa shape index (κ3) is 2.63. The van der Waals surface area contributed by atoms with Crippen LogP contribution in [0.15, 0.2) is 30.3 Å². The molecular formula is C14H11F2N3. The molecule has 2 aromatic carbocycles. The molecule has 0 bridgehead atoms. The van der Waals surface area contributed by atoms with E-state index in [0.29, 0.717) is 11.4 Å². The summed E-state index contributed by atoms with van der Waals surface area (Å²) in [5, 5.41) is 11.7. The fraction of sp³-hybridized carbons (Fsp3) is 0.0714. The summed E-state index contributed by atoms with van der Waals surface area (Å²) in [6.45, 7) is 1.48. The van der Waals surface area contributed by atoms with E-state index in [1.807, 2.05) is 6.07 Å². The summed E-state index contributed by atoms with van der Waals surface area (Å²) >= 11 is 0. The molecular weight excluding hydrogens is 248 g/mol. The Morgan fingerprint density at radius 1 is 1.11 bits per heavy atom. The third-order valence-electron chi connectivity index (χ3n) is 2.68. The first kappa shape index (κ1) is 12.8. The van der Waals surface area contributed by atoms with Crippen LogP contribution in [0.3, 0.4) is 0 Å². The van der Waals surface area contributed by atoms with Gasteiger partial charge in [0.05, 0.1) is 16.9 Å². The van der Waals surface area contributed by atoms with Crippen LogP contribution in [-0.2, 0) is 0 Å². The fourth-order valence-electron chi connectivity index (χ4n) is 1.65. The molecule has 0 heterocycles. The number of benzene rings is 2. The van der Waals surface area contributed by atoms with Gasteiger partial charge in [-0.05, 0) is 36.8 Å². The van der Waals surface area contributed by atoms with Gasteiger partial charge in [-0.15, -0.1) is 0 Å². The molecule has 0 saturated heterocycles. The second-order valence-electron chi connectivity index (χ2n) is 4.12. The van der Waals surface area contributed by atoms with Gasteiger partial charge in [0, 0.05) is 11.8 Å². The van der Waals surface area contributed by atoms with Gasteiger partial charge in [-0.1, -0.05) is 0 Å². The maximum absolute atomic E-state index is 13.7. The van der Waals surface area contributed by atoms with Gasteiger partial charge >= 0.3 is 0 Å². The number of nitriles is 1. The zero-order chi connectivity index (χ0) is 14.0. The van der Waals surface area contributed by atoms with Crippen LogP contribution in [-0.4, -0.2) is 0 Å². The predicted octanol–water partition coefficient (Wildman–Crippen LogP) is 3.47. The Balaban J connectivity index is 2.42. The molecule has 0 aliphatic carbocycles. The van der Waals surface area contributed by atoms with Gasteiger partial charge in [-0.2, -0.15) is 5.26 Å². The van der Waals surface area contributed by atoms with Crippen LogP contribution in [0, 0.1) is 29.9 Å². The van der Waals surface area contributed by atoms with Crippen LogP contribution in [0.5, 0.6) is 0 Å². The minimum atomic E-state index is -0.584. The molecule has 2 aromatic rings. The summed E-state index contributed by atoms with van der Waals surface area (Å²) in [7, 11) is 0. The smallest absolute Gasteiger partial charge is 0.147 e. The molecule has 0 amide bonds. The summed E-state index contributed by atoms with van der Waals surface area (Å²) < 4.78 is 27.1. The Hall–Kier alpha value is -2.61. The average Bonchev–Trinajstić information content (AvgIpc) is 2.37. The number of halogens is 2. The highest BCUT2D eigenvalue weighted by molar-refractivity contribution is 5.69. The van der Waals surface area contributed by atoms with E-state index in [-0.39, 0.29) is 16.8 Å². The van der Waals surface area contributed by atoms with E-state index in [9.17, 15) is 8.78 Å². The molecule has 0 spiro atoms. The molecule has 0 atom stereocenters. The van der Waals surface area contributed by atoms with Crippen molar-refractivity contribution in [2.45, 2.75) is 6.92 Å². The molecule has 0 aliphatic heterocycles. The molecule has 0 radical (unpaired) electrons. The Kier molecular flexibility index (Phi) is 3.34.